The number of ether oxygens (including phenoxy) is 1. The van der Waals surface area contributed by atoms with E-state index in [9.17, 15) is 19.5 Å². The van der Waals surface area contributed by atoms with Gasteiger partial charge in [0.2, 0.25) is 12.2 Å². The topological polar surface area (TPSA) is 126 Å². The van der Waals surface area contributed by atoms with Gasteiger partial charge in [0.05, 0.1) is 19.2 Å². The maximum absolute atomic E-state index is 10.5. The molecule has 260 valence electrons. The molecule has 1 aromatic rings. The van der Waals surface area contributed by atoms with Crippen molar-refractivity contribution in [2.45, 2.75) is 111 Å². The van der Waals surface area contributed by atoms with Crippen LogP contribution in [0.15, 0.2) is 83.4 Å². The number of esters is 1. The number of isocyanates is 2. The third-order valence-corrected chi connectivity index (χ3v) is 7.51. The number of aliphatic hydroxyl groups is 1. The Kier molecular flexibility index (Phi) is 24.1. The van der Waals surface area contributed by atoms with Gasteiger partial charge >= 0.3 is 5.97 Å². The zero-order chi connectivity index (χ0) is 35.4. The lowest BCUT2D eigenvalue weighted by Crippen LogP contribution is -2.39. The first-order valence-corrected chi connectivity index (χ1v) is 16.6. The highest BCUT2D eigenvalue weighted by Gasteiger charge is 2.41. The van der Waals surface area contributed by atoms with Crippen LogP contribution in [0.1, 0.15) is 104 Å². The number of unbranched alkanes of at least 4 members (excludes halogenated alkanes) is 5. The zero-order valence-corrected chi connectivity index (χ0v) is 29.2. The van der Waals surface area contributed by atoms with Crippen LogP contribution in [0.4, 0.5) is 0 Å². The van der Waals surface area contributed by atoms with E-state index in [2.05, 4.69) is 79.0 Å². The second-order valence-electron chi connectivity index (χ2n) is 13.2. The number of aromatic hydroxyl groups is 1. The summed E-state index contributed by atoms with van der Waals surface area (Å²) in [7, 11) is 0. The van der Waals surface area contributed by atoms with Crippen molar-refractivity contribution in [2.75, 3.05) is 19.8 Å². The Labute approximate surface area is 283 Å². The number of carbonyl (C=O) groups is 1. The lowest BCUT2D eigenvalue weighted by molar-refractivity contribution is -0.139. The number of hydrogen-bond donors (Lipinski definition) is 2. The lowest BCUT2D eigenvalue weighted by Gasteiger charge is -2.44. The normalized spacial score (nSPS) is 18.0. The van der Waals surface area contributed by atoms with Crippen LogP contribution in [0.5, 0.6) is 5.75 Å². The Morgan fingerprint density at radius 1 is 1.02 bits per heavy atom. The van der Waals surface area contributed by atoms with Gasteiger partial charge < -0.3 is 14.9 Å². The molecule has 2 N–H and O–H groups in total. The SMILES string of the molecule is C=C(C)C(=O)OCCO.C=CC/C=C\C/C=C\CCCCCCCc1cccc(O)c1.CC1(C)CC(N=C=O)CC(C)(CN=C=O)C1. The summed E-state index contributed by atoms with van der Waals surface area (Å²) in [5.41, 5.74) is 1.65. The average molecular weight is 651 g/mol. The number of benzene rings is 1. The van der Waals surface area contributed by atoms with E-state index in [0.717, 1.165) is 38.5 Å². The van der Waals surface area contributed by atoms with Gasteiger partial charge in [0.15, 0.2) is 0 Å². The maximum Gasteiger partial charge on any atom is 0.333 e. The Balaban J connectivity index is 0.000000739. The number of phenolic OH excluding ortho intramolecular Hbond substituents is 1. The summed E-state index contributed by atoms with van der Waals surface area (Å²) >= 11 is 0. The standard InChI is InChI=1S/C21H30O.C12H18N2O2.C6H10O3/c1-2-3-4-5-6-7-8-9-10-11-12-13-14-16-20-17-15-18-21(22)19-20;1-11(2)4-10(14-9-16)5-12(3,6-11)7-13-8-15;1-5(2)6(8)9-4-3-7/h2,4-5,7-8,15,17-19,22H,1,3,6,9-14,16H2;10H,4-7H2,1-3H3;7H,1,3-4H2,2H3/b5-4-,8-7-;;. The van der Waals surface area contributed by atoms with Gasteiger partial charge in [-0.2, -0.15) is 0 Å². The van der Waals surface area contributed by atoms with Gasteiger partial charge in [-0.25, -0.2) is 24.4 Å². The molecule has 0 heterocycles. The van der Waals surface area contributed by atoms with Crippen LogP contribution in [0.2, 0.25) is 0 Å². The first-order valence-electron chi connectivity index (χ1n) is 16.6. The molecular formula is C39H58N2O6. The molecule has 2 atom stereocenters. The van der Waals surface area contributed by atoms with Gasteiger partial charge in [0.1, 0.15) is 12.4 Å². The van der Waals surface area contributed by atoms with Crippen molar-refractivity contribution in [1.82, 2.24) is 0 Å². The van der Waals surface area contributed by atoms with Gasteiger partial charge in [-0.15, -0.1) is 6.58 Å². The highest BCUT2D eigenvalue weighted by molar-refractivity contribution is 5.86. The lowest BCUT2D eigenvalue weighted by atomic mass is 9.63. The zero-order valence-electron chi connectivity index (χ0n) is 29.2. The summed E-state index contributed by atoms with van der Waals surface area (Å²) in [5.74, 6) is -0.0762. The van der Waals surface area contributed by atoms with Gasteiger partial charge in [0.25, 0.3) is 0 Å². The Hall–Kier alpha value is -3.83. The average Bonchev–Trinajstić information content (AvgIpc) is 3.01. The first kappa shape index (κ1) is 43.2. The molecule has 2 rings (SSSR count). The molecule has 0 spiro atoms. The summed E-state index contributed by atoms with van der Waals surface area (Å²) < 4.78 is 4.46. The quantitative estimate of drug-likeness (QED) is 0.0409. The summed E-state index contributed by atoms with van der Waals surface area (Å²) in [4.78, 5) is 38.5. The Morgan fingerprint density at radius 2 is 1.70 bits per heavy atom. The minimum Gasteiger partial charge on any atom is -0.508 e. The maximum atomic E-state index is 10.5. The predicted octanol–water partition coefficient (Wildman–Crippen LogP) is 8.69. The van der Waals surface area contributed by atoms with Gasteiger partial charge in [-0.05, 0) is 93.2 Å². The van der Waals surface area contributed by atoms with E-state index in [-0.39, 0.29) is 30.1 Å². The molecule has 0 bridgehead atoms. The number of rotatable bonds is 18. The van der Waals surface area contributed by atoms with Crippen LogP contribution in [0.3, 0.4) is 0 Å². The van der Waals surface area contributed by atoms with E-state index in [1.165, 1.54) is 44.1 Å². The van der Waals surface area contributed by atoms with Crippen molar-refractivity contribution in [3.63, 3.8) is 0 Å². The first-order chi connectivity index (χ1) is 22.4. The molecule has 0 aliphatic heterocycles. The van der Waals surface area contributed by atoms with E-state index in [1.807, 2.05) is 18.2 Å². The van der Waals surface area contributed by atoms with Crippen LogP contribution < -0.4 is 0 Å². The van der Waals surface area contributed by atoms with Crippen molar-refractivity contribution in [3.05, 3.63) is 78.9 Å². The smallest absolute Gasteiger partial charge is 0.333 e. The van der Waals surface area contributed by atoms with E-state index in [0.29, 0.717) is 17.9 Å². The molecule has 0 amide bonds. The molecule has 2 unspecified atom stereocenters. The summed E-state index contributed by atoms with van der Waals surface area (Å²) in [6.07, 6.45) is 27.4. The third-order valence-electron chi connectivity index (χ3n) is 7.51. The van der Waals surface area contributed by atoms with Crippen molar-refractivity contribution < 1.29 is 29.3 Å². The number of phenols is 1. The minimum absolute atomic E-state index is 0.00750. The molecule has 47 heavy (non-hydrogen) atoms. The van der Waals surface area contributed by atoms with Crippen LogP contribution in [0, 0.1) is 10.8 Å². The Morgan fingerprint density at radius 3 is 2.34 bits per heavy atom. The van der Waals surface area contributed by atoms with Gasteiger partial charge in [0, 0.05) is 5.57 Å². The number of nitrogens with zero attached hydrogens (tertiary/aromatic N) is 2. The highest BCUT2D eigenvalue weighted by atomic mass is 16.5. The number of allylic oxidation sites excluding steroid dienone is 5. The third kappa shape index (κ3) is 24.1. The van der Waals surface area contributed by atoms with Gasteiger partial charge in [-0.3, -0.25) is 0 Å². The molecule has 0 radical (unpaired) electrons. The second-order valence-corrected chi connectivity index (χ2v) is 13.2. The molecule has 0 aromatic heterocycles. The summed E-state index contributed by atoms with van der Waals surface area (Å²) in [5, 5.41) is 17.6. The van der Waals surface area contributed by atoms with E-state index in [1.54, 1.807) is 25.1 Å². The van der Waals surface area contributed by atoms with E-state index < -0.39 is 5.97 Å². The van der Waals surface area contributed by atoms with E-state index in [4.69, 9.17) is 5.11 Å². The minimum atomic E-state index is -0.455. The van der Waals surface area contributed by atoms with Crippen molar-refractivity contribution in [2.24, 2.45) is 20.8 Å². The van der Waals surface area contributed by atoms with Crippen LogP contribution in [-0.4, -0.2) is 54.1 Å². The molecule has 8 nitrogen and oxygen atoms in total. The summed E-state index contributed by atoms with van der Waals surface area (Å²) in [6, 6.07) is 7.62. The molecule has 1 aliphatic carbocycles. The molecule has 1 aliphatic rings. The van der Waals surface area contributed by atoms with Crippen molar-refractivity contribution >= 4 is 18.1 Å². The molecular weight excluding hydrogens is 592 g/mol. The van der Waals surface area contributed by atoms with Crippen LogP contribution in [0.25, 0.3) is 0 Å². The molecule has 1 aromatic carbocycles. The highest BCUT2D eigenvalue weighted by Crippen LogP contribution is 2.47. The molecule has 0 saturated heterocycles. The van der Waals surface area contributed by atoms with Crippen LogP contribution >= 0.6 is 0 Å². The van der Waals surface area contributed by atoms with Gasteiger partial charge in [-0.1, -0.05) is 89.1 Å². The fraction of sp³-hybridized carbons (Fsp3) is 0.564. The number of aliphatic hydroxyl groups excluding tert-OH is 1. The van der Waals surface area contributed by atoms with Crippen LogP contribution in [-0.2, 0) is 25.5 Å². The molecule has 1 fully saturated rings. The Bertz CT molecular complexity index is 1210. The molecule has 8 heteroatoms. The number of hydrogen-bond acceptors (Lipinski definition) is 8. The summed E-state index contributed by atoms with van der Waals surface area (Å²) in [6.45, 7) is 15.4. The largest absolute Gasteiger partial charge is 0.508 e. The second kappa shape index (κ2) is 26.3. The fourth-order valence-corrected chi connectivity index (χ4v) is 5.76. The van der Waals surface area contributed by atoms with E-state index >= 15 is 0 Å². The number of aliphatic imine (C=N–C) groups is 2. The van der Waals surface area contributed by atoms with Crippen molar-refractivity contribution in [3.8, 4) is 5.75 Å². The number of carbonyl (C=O) groups excluding carboxylic acids is 3. The molecule has 1 saturated carbocycles. The predicted molar refractivity (Wildman–Crippen MR) is 191 cm³/mol. The van der Waals surface area contributed by atoms with Crippen molar-refractivity contribution in [1.29, 1.82) is 0 Å². The fourth-order valence-electron chi connectivity index (χ4n) is 5.76. The number of aryl methyl sites for hydroxylation is 1. The monoisotopic (exact) mass is 650 g/mol.